The molecule has 0 aliphatic rings. The van der Waals surface area contributed by atoms with Crippen molar-refractivity contribution < 1.29 is 4.79 Å². The number of aromatic nitrogens is 2. The summed E-state index contributed by atoms with van der Waals surface area (Å²) >= 11 is 0. The number of hydrogen-bond acceptors (Lipinski definition) is 3. The van der Waals surface area contributed by atoms with E-state index in [-0.39, 0.29) is 5.91 Å². The number of hydrogen-bond donors (Lipinski definition) is 1. The highest BCUT2D eigenvalue weighted by Crippen LogP contribution is 2.14. The number of amides is 1. The van der Waals surface area contributed by atoms with Crippen LogP contribution in [0.1, 0.15) is 21.5 Å². The monoisotopic (exact) mass is 227 g/mol. The summed E-state index contributed by atoms with van der Waals surface area (Å²) in [5.41, 5.74) is 2.54. The van der Waals surface area contributed by atoms with Gasteiger partial charge in [0.2, 0.25) is 0 Å². The molecule has 0 saturated heterocycles. The summed E-state index contributed by atoms with van der Waals surface area (Å²) in [4.78, 5) is 11.9. The van der Waals surface area contributed by atoms with Crippen LogP contribution in [0, 0.1) is 13.8 Å². The summed E-state index contributed by atoms with van der Waals surface area (Å²) in [5.74, 6) is 0.340. The van der Waals surface area contributed by atoms with Gasteiger partial charge in [0.15, 0.2) is 5.82 Å². The number of benzene rings is 1. The Morgan fingerprint density at radius 2 is 1.88 bits per heavy atom. The number of carbonyl (C=O) groups excluding carboxylic acids is 1. The van der Waals surface area contributed by atoms with E-state index in [9.17, 15) is 4.79 Å². The molecule has 1 amide bonds. The quantitative estimate of drug-likeness (QED) is 0.856. The first-order valence-electron chi connectivity index (χ1n) is 5.34. The van der Waals surface area contributed by atoms with Crippen molar-refractivity contribution in [3.8, 4) is 0 Å². The highest BCUT2D eigenvalue weighted by molar-refractivity contribution is 6.04. The Bertz CT molecular complexity index is 538. The molecule has 2 rings (SSSR count). The zero-order chi connectivity index (χ0) is 12.3. The zero-order valence-electron chi connectivity index (χ0n) is 9.77. The maximum atomic E-state index is 11.9. The highest BCUT2D eigenvalue weighted by Gasteiger charge is 2.09. The van der Waals surface area contributed by atoms with Crippen molar-refractivity contribution >= 4 is 11.7 Å². The van der Waals surface area contributed by atoms with Crippen LogP contribution in [0.2, 0.25) is 0 Å². The Hall–Kier alpha value is -2.23. The molecule has 1 N–H and O–H groups in total. The minimum Gasteiger partial charge on any atom is -0.305 e. The molecule has 1 aromatic carbocycles. The summed E-state index contributed by atoms with van der Waals surface area (Å²) < 4.78 is 0. The predicted octanol–water partition coefficient (Wildman–Crippen LogP) is 2.35. The molecule has 4 heteroatoms. The van der Waals surface area contributed by atoms with E-state index >= 15 is 0 Å². The van der Waals surface area contributed by atoms with Gasteiger partial charge in [-0.05, 0) is 37.1 Å². The molecule has 0 radical (unpaired) electrons. The summed E-state index contributed by atoms with van der Waals surface area (Å²) in [5, 5.41) is 10.5. The summed E-state index contributed by atoms with van der Waals surface area (Å²) in [7, 11) is 0. The molecule has 0 atom stereocenters. The van der Waals surface area contributed by atoms with Gasteiger partial charge < -0.3 is 5.32 Å². The SMILES string of the molecule is Cc1cnnc(NC(=O)c2ccccc2)c1C. The van der Waals surface area contributed by atoms with E-state index in [4.69, 9.17) is 0 Å². The molecule has 1 aromatic heterocycles. The highest BCUT2D eigenvalue weighted by atomic mass is 16.1. The number of aryl methyl sites for hydroxylation is 1. The van der Waals surface area contributed by atoms with Gasteiger partial charge in [-0.15, -0.1) is 5.10 Å². The van der Waals surface area contributed by atoms with Crippen LogP contribution < -0.4 is 5.32 Å². The van der Waals surface area contributed by atoms with Crippen LogP contribution in [-0.2, 0) is 0 Å². The van der Waals surface area contributed by atoms with Crippen LogP contribution in [0.4, 0.5) is 5.82 Å². The number of anilines is 1. The van der Waals surface area contributed by atoms with Crippen LogP contribution in [-0.4, -0.2) is 16.1 Å². The average molecular weight is 227 g/mol. The van der Waals surface area contributed by atoms with E-state index in [2.05, 4.69) is 15.5 Å². The Morgan fingerprint density at radius 3 is 2.59 bits per heavy atom. The molecule has 1 heterocycles. The van der Waals surface area contributed by atoms with Gasteiger partial charge in [0.1, 0.15) is 0 Å². The van der Waals surface area contributed by atoms with Crippen molar-refractivity contribution in [2.24, 2.45) is 0 Å². The lowest BCUT2D eigenvalue weighted by molar-refractivity contribution is 0.102. The summed E-state index contributed by atoms with van der Waals surface area (Å²) in [6.45, 7) is 3.84. The Morgan fingerprint density at radius 1 is 1.18 bits per heavy atom. The molecule has 0 unspecified atom stereocenters. The van der Waals surface area contributed by atoms with Crippen LogP contribution in [0.3, 0.4) is 0 Å². The maximum Gasteiger partial charge on any atom is 0.256 e. The lowest BCUT2D eigenvalue weighted by Gasteiger charge is -2.07. The number of rotatable bonds is 2. The van der Waals surface area contributed by atoms with E-state index in [1.807, 2.05) is 32.0 Å². The molecule has 0 fully saturated rings. The third-order valence-corrected chi connectivity index (χ3v) is 2.62. The molecule has 86 valence electrons. The molecular weight excluding hydrogens is 214 g/mol. The molecule has 0 aliphatic heterocycles. The lowest BCUT2D eigenvalue weighted by atomic mass is 10.2. The molecule has 0 bridgehead atoms. The third kappa shape index (κ3) is 2.47. The Balaban J connectivity index is 2.22. The van der Waals surface area contributed by atoms with Gasteiger partial charge in [-0.3, -0.25) is 4.79 Å². The number of carbonyl (C=O) groups is 1. The van der Waals surface area contributed by atoms with E-state index < -0.39 is 0 Å². The minimum atomic E-state index is -0.173. The van der Waals surface area contributed by atoms with E-state index in [0.717, 1.165) is 11.1 Å². The summed E-state index contributed by atoms with van der Waals surface area (Å²) in [6, 6.07) is 9.03. The fourth-order valence-corrected chi connectivity index (χ4v) is 1.42. The van der Waals surface area contributed by atoms with Gasteiger partial charge in [-0.1, -0.05) is 18.2 Å². The Kier molecular flexibility index (Phi) is 3.14. The van der Waals surface area contributed by atoms with Gasteiger partial charge in [-0.25, -0.2) is 0 Å². The van der Waals surface area contributed by atoms with E-state index in [0.29, 0.717) is 11.4 Å². The largest absolute Gasteiger partial charge is 0.305 e. The fraction of sp³-hybridized carbons (Fsp3) is 0.154. The predicted molar refractivity (Wildman–Crippen MR) is 65.9 cm³/mol. The first kappa shape index (κ1) is 11.3. The fourth-order valence-electron chi connectivity index (χ4n) is 1.42. The first-order valence-corrected chi connectivity index (χ1v) is 5.34. The Labute approximate surface area is 99.7 Å². The maximum absolute atomic E-state index is 11.9. The van der Waals surface area contributed by atoms with Crippen molar-refractivity contribution in [1.82, 2.24) is 10.2 Å². The molecule has 0 aliphatic carbocycles. The topological polar surface area (TPSA) is 54.9 Å². The third-order valence-electron chi connectivity index (χ3n) is 2.62. The molecule has 4 nitrogen and oxygen atoms in total. The van der Waals surface area contributed by atoms with Crippen molar-refractivity contribution in [2.75, 3.05) is 5.32 Å². The van der Waals surface area contributed by atoms with Gasteiger partial charge in [0.25, 0.3) is 5.91 Å². The van der Waals surface area contributed by atoms with E-state index in [1.54, 1.807) is 18.3 Å². The van der Waals surface area contributed by atoms with Crippen LogP contribution in [0.5, 0.6) is 0 Å². The molecule has 0 spiro atoms. The van der Waals surface area contributed by atoms with Gasteiger partial charge >= 0.3 is 0 Å². The summed E-state index contributed by atoms with van der Waals surface area (Å²) in [6.07, 6.45) is 1.67. The number of nitrogens with one attached hydrogen (secondary N) is 1. The van der Waals surface area contributed by atoms with Gasteiger partial charge in [0.05, 0.1) is 6.20 Å². The van der Waals surface area contributed by atoms with Crippen LogP contribution in [0.15, 0.2) is 36.5 Å². The van der Waals surface area contributed by atoms with Crippen LogP contribution >= 0.6 is 0 Å². The van der Waals surface area contributed by atoms with E-state index in [1.165, 1.54) is 0 Å². The standard InChI is InChI=1S/C13H13N3O/c1-9-8-14-16-12(10(9)2)15-13(17)11-6-4-3-5-7-11/h3-8H,1-2H3,(H,15,16,17). The minimum absolute atomic E-state index is 0.173. The van der Waals surface area contributed by atoms with Gasteiger partial charge in [0, 0.05) is 5.56 Å². The van der Waals surface area contributed by atoms with Gasteiger partial charge in [-0.2, -0.15) is 5.10 Å². The van der Waals surface area contributed by atoms with Crippen molar-refractivity contribution in [3.05, 3.63) is 53.2 Å². The second kappa shape index (κ2) is 4.74. The lowest BCUT2D eigenvalue weighted by Crippen LogP contribution is -2.14. The second-order valence-electron chi connectivity index (χ2n) is 3.82. The average Bonchev–Trinajstić information content (AvgIpc) is 2.36. The van der Waals surface area contributed by atoms with Crippen molar-refractivity contribution in [1.29, 1.82) is 0 Å². The van der Waals surface area contributed by atoms with Crippen molar-refractivity contribution in [3.63, 3.8) is 0 Å². The zero-order valence-corrected chi connectivity index (χ0v) is 9.77. The molecule has 17 heavy (non-hydrogen) atoms. The second-order valence-corrected chi connectivity index (χ2v) is 3.82. The smallest absolute Gasteiger partial charge is 0.256 e. The first-order chi connectivity index (χ1) is 8.18. The normalized spacial score (nSPS) is 10.0. The molecule has 2 aromatic rings. The van der Waals surface area contributed by atoms with Crippen LogP contribution in [0.25, 0.3) is 0 Å². The molecule has 0 saturated carbocycles. The van der Waals surface area contributed by atoms with Crippen molar-refractivity contribution in [2.45, 2.75) is 13.8 Å². The number of nitrogens with zero attached hydrogens (tertiary/aromatic N) is 2. The molecular formula is C13H13N3O.